The lowest BCUT2D eigenvalue weighted by molar-refractivity contribution is -0.154. The molecular weight excluding hydrogens is 448 g/mol. The van der Waals surface area contributed by atoms with E-state index in [1.165, 1.54) is 11.8 Å². The third-order valence-corrected chi connectivity index (χ3v) is 7.23. The number of carbonyl (C=O) groups excluding carboxylic acids is 4. The Kier molecular flexibility index (Phi) is 5.83. The minimum Gasteiger partial charge on any atom is -0.494 e. The van der Waals surface area contributed by atoms with Gasteiger partial charge in [0.25, 0.3) is 0 Å². The SMILES string of the molecule is CCOc1ccccc1CN1C(=O)C2CC(=O)OC23C(CC(C)=O)N(Cc2ccccc2)C(=O)C13. The highest BCUT2D eigenvalue weighted by Crippen LogP contribution is 2.54. The zero-order chi connectivity index (χ0) is 24.7. The Morgan fingerprint density at radius 1 is 1.00 bits per heavy atom. The molecule has 182 valence electrons. The van der Waals surface area contributed by atoms with E-state index in [0.717, 1.165) is 11.1 Å². The Labute approximate surface area is 203 Å². The molecule has 2 aromatic carbocycles. The van der Waals surface area contributed by atoms with Crippen LogP contribution in [0.2, 0.25) is 0 Å². The van der Waals surface area contributed by atoms with Crippen LogP contribution in [0.5, 0.6) is 5.75 Å². The van der Waals surface area contributed by atoms with Crippen LogP contribution in [0.4, 0.5) is 0 Å². The number of ether oxygens (including phenoxy) is 2. The van der Waals surface area contributed by atoms with Gasteiger partial charge in [0.15, 0.2) is 11.6 Å². The molecular formula is C27H28N2O6. The molecule has 2 amide bonds. The number of benzene rings is 2. The van der Waals surface area contributed by atoms with E-state index < -0.39 is 29.6 Å². The minimum atomic E-state index is -1.38. The summed E-state index contributed by atoms with van der Waals surface area (Å²) in [5.41, 5.74) is 0.277. The maximum Gasteiger partial charge on any atom is 0.307 e. The second-order valence-electron chi connectivity index (χ2n) is 9.37. The average molecular weight is 477 g/mol. The quantitative estimate of drug-likeness (QED) is 0.544. The van der Waals surface area contributed by atoms with Gasteiger partial charge in [-0.15, -0.1) is 0 Å². The molecule has 0 saturated carbocycles. The zero-order valence-corrected chi connectivity index (χ0v) is 19.8. The van der Waals surface area contributed by atoms with Crippen LogP contribution in [-0.4, -0.2) is 57.7 Å². The monoisotopic (exact) mass is 476 g/mol. The summed E-state index contributed by atoms with van der Waals surface area (Å²) in [6.45, 7) is 4.20. The van der Waals surface area contributed by atoms with E-state index in [1.54, 1.807) is 4.90 Å². The first-order valence-electron chi connectivity index (χ1n) is 11.9. The summed E-state index contributed by atoms with van der Waals surface area (Å²) in [4.78, 5) is 55.6. The van der Waals surface area contributed by atoms with E-state index in [-0.39, 0.29) is 43.5 Å². The standard InChI is InChI=1S/C27H28N2O6/c1-3-34-21-12-8-7-11-19(21)16-29-24-26(33)28(15-18-9-5-4-6-10-18)22(13-17(2)30)27(24)20(25(29)32)14-23(31)35-27/h4-12,20,22,24H,3,13-16H2,1-2H3. The van der Waals surface area contributed by atoms with Crippen LogP contribution >= 0.6 is 0 Å². The molecule has 8 heteroatoms. The van der Waals surface area contributed by atoms with Crippen molar-refractivity contribution in [3.63, 3.8) is 0 Å². The first kappa shape index (κ1) is 23.1. The summed E-state index contributed by atoms with van der Waals surface area (Å²) in [5.74, 6) is -1.42. The van der Waals surface area contributed by atoms with Crippen LogP contribution in [0.3, 0.4) is 0 Å². The Balaban J connectivity index is 1.58. The molecule has 3 aliphatic rings. The summed E-state index contributed by atoms with van der Waals surface area (Å²) in [5, 5.41) is 0. The molecule has 0 N–H and O–H groups in total. The molecule has 8 nitrogen and oxygen atoms in total. The first-order valence-corrected chi connectivity index (χ1v) is 11.9. The highest BCUT2D eigenvalue weighted by atomic mass is 16.6. The van der Waals surface area contributed by atoms with E-state index in [2.05, 4.69) is 0 Å². The van der Waals surface area contributed by atoms with Crippen LogP contribution < -0.4 is 4.74 Å². The molecule has 4 unspecified atom stereocenters. The summed E-state index contributed by atoms with van der Waals surface area (Å²) in [6.07, 6.45) is -0.0880. The lowest BCUT2D eigenvalue weighted by Crippen LogP contribution is -2.52. The normalized spacial score (nSPS) is 27.1. The number of ketones is 1. The van der Waals surface area contributed by atoms with Crippen molar-refractivity contribution in [1.29, 1.82) is 0 Å². The van der Waals surface area contributed by atoms with E-state index in [0.29, 0.717) is 12.4 Å². The Hall–Kier alpha value is -3.68. The maximum absolute atomic E-state index is 14.0. The molecule has 4 atom stereocenters. The van der Waals surface area contributed by atoms with Gasteiger partial charge in [0.1, 0.15) is 11.5 Å². The summed E-state index contributed by atoms with van der Waals surface area (Å²) < 4.78 is 11.7. The van der Waals surface area contributed by atoms with Crippen molar-refractivity contribution >= 4 is 23.6 Å². The fourth-order valence-corrected chi connectivity index (χ4v) is 5.89. The predicted molar refractivity (Wildman–Crippen MR) is 125 cm³/mol. The van der Waals surface area contributed by atoms with Gasteiger partial charge in [-0.2, -0.15) is 0 Å². The summed E-state index contributed by atoms with van der Waals surface area (Å²) in [7, 11) is 0. The van der Waals surface area contributed by atoms with E-state index in [1.807, 2.05) is 61.5 Å². The van der Waals surface area contributed by atoms with Gasteiger partial charge in [-0.25, -0.2) is 0 Å². The fourth-order valence-electron chi connectivity index (χ4n) is 5.89. The van der Waals surface area contributed by atoms with Crippen molar-refractivity contribution in [3.05, 3.63) is 65.7 Å². The number of amides is 2. The second kappa shape index (κ2) is 8.83. The number of carbonyl (C=O) groups is 4. The topological polar surface area (TPSA) is 93.2 Å². The van der Waals surface area contributed by atoms with Crippen molar-refractivity contribution in [2.45, 2.75) is 57.5 Å². The molecule has 2 aromatic rings. The van der Waals surface area contributed by atoms with Gasteiger partial charge < -0.3 is 19.3 Å². The van der Waals surface area contributed by atoms with Crippen molar-refractivity contribution in [2.75, 3.05) is 6.61 Å². The third-order valence-electron chi connectivity index (χ3n) is 7.23. The smallest absolute Gasteiger partial charge is 0.307 e. The molecule has 3 aliphatic heterocycles. The highest BCUT2D eigenvalue weighted by Gasteiger charge is 2.76. The number of hydrogen-bond donors (Lipinski definition) is 0. The number of likely N-dealkylation sites (tertiary alicyclic amines) is 2. The van der Waals surface area contributed by atoms with Crippen molar-refractivity contribution < 1.29 is 28.7 Å². The third kappa shape index (κ3) is 3.68. The number of Topliss-reactive ketones (excluding diaryl/α,β-unsaturated/α-hetero) is 1. The first-order chi connectivity index (χ1) is 16.9. The average Bonchev–Trinajstić information content (AvgIpc) is 3.36. The number of rotatable bonds is 8. The lowest BCUT2D eigenvalue weighted by Gasteiger charge is -2.34. The van der Waals surface area contributed by atoms with Gasteiger partial charge in [0, 0.05) is 18.5 Å². The lowest BCUT2D eigenvalue weighted by atomic mass is 9.80. The Morgan fingerprint density at radius 3 is 2.43 bits per heavy atom. The largest absolute Gasteiger partial charge is 0.494 e. The number of esters is 1. The molecule has 0 aliphatic carbocycles. The fraction of sp³-hybridized carbons (Fsp3) is 0.407. The molecule has 0 radical (unpaired) electrons. The van der Waals surface area contributed by atoms with E-state index in [4.69, 9.17) is 9.47 Å². The second-order valence-corrected chi connectivity index (χ2v) is 9.37. The van der Waals surface area contributed by atoms with Gasteiger partial charge in [0.2, 0.25) is 11.8 Å². The molecule has 0 bridgehead atoms. The van der Waals surface area contributed by atoms with Gasteiger partial charge in [-0.1, -0.05) is 48.5 Å². The van der Waals surface area contributed by atoms with Crippen molar-refractivity contribution in [2.24, 2.45) is 5.92 Å². The zero-order valence-electron chi connectivity index (χ0n) is 19.8. The summed E-state index contributed by atoms with van der Waals surface area (Å²) >= 11 is 0. The minimum absolute atomic E-state index is 0.00943. The van der Waals surface area contributed by atoms with Crippen LogP contribution in [0.25, 0.3) is 0 Å². The summed E-state index contributed by atoms with van der Waals surface area (Å²) in [6, 6.07) is 15.1. The molecule has 3 saturated heterocycles. The van der Waals surface area contributed by atoms with Crippen LogP contribution in [0.15, 0.2) is 54.6 Å². The molecule has 1 spiro atoms. The Morgan fingerprint density at radius 2 is 1.71 bits per heavy atom. The molecule has 0 aromatic heterocycles. The van der Waals surface area contributed by atoms with Crippen molar-refractivity contribution in [1.82, 2.24) is 9.80 Å². The Bertz CT molecular complexity index is 1180. The number of para-hydroxylation sites is 1. The molecule has 5 rings (SSSR count). The maximum atomic E-state index is 14.0. The van der Waals surface area contributed by atoms with Gasteiger partial charge in [0.05, 0.1) is 31.5 Å². The van der Waals surface area contributed by atoms with E-state index >= 15 is 0 Å². The van der Waals surface area contributed by atoms with Gasteiger partial charge in [-0.05, 0) is 25.5 Å². The van der Waals surface area contributed by atoms with Crippen LogP contribution in [0.1, 0.15) is 37.8 Å². The highest BCUT2D eigenvalue weighted by molar-refractivity contribution is 6.02. The predicted octanol–water partition coefficient (Wildman–Crippen LogP) is 2.49. The van der Waals surface area contributed by atoms with Crippen molar-refractivity contribution in [3.8, 4) is 5.75 Å². The van der Waals surface area contributed by atoms with E-state index in [9.17, 15) is 19.2 Å². The molecule has 3 fully saturated rings. The number of nitrogens with zero attached hydrogens (tertiary/aromatic N) is 2. The van der Waals surface area contributed by atoms with Gasteiger partial charge >= 0.3 is 5.97 Å². The van der Waals surface area contributed by atoms with Crippen LogP contribution in [-0.2, 0) is 37.0 Å². The molecule has 35 heavy (non-hydrogen) atoms. The molecule has 3 heterocycles. The van der Waals surface area contributed by atoms with Gasteiger partial charge in [-0.3, -0.25) is 19.2 Å². The number of hydrogen-bond acceptors (Lipinski definition) is 6. The van der Waals surface area contributed by atoms with Crippen LogP contribution in [0, 0.1) is 5.92 Å².